The SMILES string of the molecule is OC(O)=CCCCCC(Br)(Br)Br. The molecule has 0 saturated carbocycles. The number of alkyl halides is 3. The van der Waals surface area contributed by atoms with E-state index in [1.807, 2.05) is 0 Å². The third-order valence-electron chi connectivity index (χ3n) is 1.24. The Morgan fingerprint density at radius 2 is 1.75 bits per heavy atom. The number of aliphatic hydroxyl groups excluding tert-OH is 1. The van der Waals surface area contributed by atoms with Crippen LogP contribution in [0.3, 0.4) is 0 Å². The molecule has 0 bridgehead atoms. The van der Waals surface area contributed by atoms with Crippen LogP contribution in [0.4, 0.5) is 0 Å². The van der Waals surface area contributed by atoms with E-state index in [2.05, 4.69) is 47.8 Å². The Hall–Kier alpha value is 0.780. The van der Waals surface area contributed by atoms with Gasteiger partial charge in [0, 0.05) is 0 Å². The summed E-state index contributed by atoms with van der Waals surface area (Å²) >= 11 is 10.1. The molecule has 0 fully saturated rings. The number of aliphatic hydroxyl groups is 2. The highest BCUT2D eigenvalue weighted by Gasteiger charge is 2.15. The van der Waals surface area contributed by atoms with Crippen molar-refractivity contribution in [3.05, 3.63) is 12.0 Å². The van der Waals surface area contributed by atoms with E-state index in [9.17, 15) is 0 Å². The summed E-state index contributed by atoms with van der Waals surface area (Å²) in [6.45, 7) is 0. The first kappa shape index (κ1) is 12.8. The third-order valence-corrected chi connectivity index (χ3v) is 2.43. The van der Waals surface area contributed by atoms with Crippen LogP contribution in [0.25, 0.3) is 0 Å². The first-order valence-corrected chi connectivity index (χ1v) is 5.94. The summed E-state index contributed by atoms with van der Waals surface area (Å²) in [5.41, 5.74) is 0. The van der Waals surface area contributed by atoms with Crippen molar-refractivity contribution in [1.82, 2.24) is 0 Å². The van der Waals surface area contributed by atoms with Crippen LogP contribution in [0, 0.1) is 0 Å². The lowest BCUT2D eigenvalue weighted by Crippen LogP contribution is -1.97. The summed E-state index contributed by atoms with van der Waals surface area (Å²) in [6.07, 6.45) is 4.98. The van der Waals surface area contributed by atoms with Crippen LogP contribution < -0.4 is 0 Å². The molecule has 0 saturated heterocycles. The first-order chi connectivity index (χ1) is 5.42. The Morgan fingerprint density at radius 3 is 2.17 bits per heavy atom. The van der Waals surface area contributed by atoms with E-state index in [1.165, 1.54) is 6.08 Å². The van der Waals surface area contributed by atoms with Crippen molar-refractivity contribution in [2.75, 3.05) is 0 Å². The molecular formula is C7H11Br3O2. The number of unbranched alkanes of at least 4 members (excludes halogenated alkanes) is 2. The van der Waals surface area contributed by atoms with Gasteiger partial charge in [-0.05, 0) is 25.3 Å². The van der Waals surface area contributed by atoms with Gasteiger partial charge in [0.2, 0.25) is 0 Å². The van der Waals surface area contributed by atoms with Crippen LogP contribution in [0.5, 0.6) is 0 Å². The number of allylic oxidation sites excluding steroid dienone is 1. The standard InChI is InChI=1S/C7H11Br3O2/c8-7(9,10)5-3-1-2-4-6(11)12/h4,11-12H,1-3,5H2. The monoisotopic (exact) mass is 364 g/mol. The molecule has 0 aliphatic heterocycles. The van der Waals surface area contributed by atoms with E-state index in [0.717, 1.165) is 19.3 Å². The molecule has 0 rings (SSSR count). The van der Waals surface area contributed by atoms with Crippen molar-refractivity contribution < 1.29 is 10.2 Å². The quantitative estimate of drug-likeness (QED) is 0.441. The van der Waals surface area contributed by atoms with Crippen LogP contribution in [-0.4, -0.2) is 12.4 Å². The molecule has 2 nitrogen and oxygen atoms in total. The van der Waals surface area contributed by atoms with Gasteiger partial charge >= 0.3 is 0 Å². The lowest BCUT2D eigenvalue weighted by atomic mass is 10.2. The number of hydrogen-bond donors (Lipinski definition) is 2. The number of hydrogen-bond acceptors (Lipinski definition) is 2. The Kier molecular flexibility index (Phi) is 6.67. The second kappa shape index (κ2) is 6.27. The molecule has 0 atom stereocenters. The highest BCUT2D eigenvalue weighted by Crippen LogP contribution is 2.38. The maximum absolute atomic E-state index is 8.40. The second-order valence-electron chi connectivity index (χ2n) is 2.42. The average Bonchev–Trinajstić information content (AvgIpc) is 1.83. The molecule has 0 heterocycles. The molecule has 2 N–H and O–H groups in total. The zero-order chi connectivity index (χ0) is 9.61. The van der Waals surface area contributed by atoms with Crippen LogP contribution in [0.1, 0.15) is 25.7 Å². The van der Waals surface area contributed by atoms with Crippen molar-refractivity contribution in [2.24, 2.45) is 0 Å². The van der Waals surface area contributed by atoms with E-state index in [1.54, 1.807) is 0 Å². The molecule has 0 aromatic heterocycles. The summed E-state index contributed by atoms with van der Waals surface area (Å²) in [5, 5.41) is 16.8. The fraction of sp³-hybridized carbons (Fsp3) is 0.714. The van der Waals surface area contributed by atoms with Crippen molar-refractivity contribution >= 4 is 47.8 Å². The summed E-state index contributed by atoms with van der Waals surface area (Å²) in [7, 11) is 0. The van der Waals surface area contributed by atoms with Crippen molar-refractivity contribution in [1.29, 1.82) is 0 Å². The molecule has 12 heavy (non-hydrogen) atoms. The molecule has 5 heteroatoms. The van der Waals surface area contributed by atoms with Crippen LogP contribution in [0.2, 0.25) is 0 Å². The molecule has 0 aromatic carbocycles. The first-order valence-electron chi connectivity index (χ1n) is 3.56. The predicted molar refractivity (Wildman–Crippen MR) is 61.3 cm³/mol. The maximum atomic E-state index is 8.40. The minimum atomic E-state index is -0.585. The van der Waals surface area contributed by atoms with Crippen LogP contribution >= 0.6 is 47.8 Å². The van der Waals surface area contributed by atoms with Gasteiger partial charge in [0.15, 0.2) is 0 Å². The van der Waals surface area contributed by atoms with Crippen molar-refractivity contribution in [3.63, 3.8) is 0 Å². The largest absolute Gasteiger partial charge is 0.481 e. The molecule has 0 aliphatic rings. The maximum Gasteiger partial charge on any atom is 0.269 e. The highest BCUT2D eigenvalue weighted by molar-refractivity contribution is 9.39. The Balaban J connectivity index is 3.29. The molecule has 0 radical (unpaired) electrons. The van der Waals surface area contributed by atoms with E-state index in [-0.39, 0.29) is 2.14 Å². The third kappa shape index (κ3) is 10.8. The summed E-state index contributed by atoms with van der Waals surface area (Å²) in [5.74, 6) is -0.585. The van der Waals surface area contributed by atoms with Gasteiger partial charge < -0.3 is 10.2 Å². The van der Waals surface area contributed by atoms with Gasteiger partial charge in [-0.15, -0.1) is 0 Å². The van der Waals surface area contributed by atoms with Gasteiger partial charge in [0.1, 0.15) is 2.14 Å². The van der Waals surface area contributed by atoms with Gasteiger partial charge in [-0.3, -0.25) is 0 Å². The molecular weight excluding hydrogens is 356 g/mol. The van der Waals surface area contributed by atoms with E-state index < -0.39 is 5.95 Å². The number of halogens is 3. The van der Waals surface area contributed by atoms with Gasteiger partial charge in [0.25, 0.3) is 5.95 Å². The average molecular weight is 367 g/mol. The van der Waals surface area contributed by atoms with Crippen molar-refractivity contribution in [2.45, 2.75) is 27.8 Å². The summed E-state index contributed by atoms with van der Waals surface area (Å²) in [6, 6.07) is 0. The van der Waals surface area contributed by atoms with Crippen molar-refractivity contribution in [3.8, 4) is 0 Å². The van der Waals surface area contributed by atoms with E-state index in [4.69, 9.17) is 10.2 Å². The molecule has 0 aliphatic carbocycles. The smallest absolute Gasteiger partial charge is 0.269 e. The summed E-state index contributed by atoms with van der Waals surface area (Å²) in [4.78, 5) is 0. The zero-order valence-corrected chi connectivity index (χ0v) is 11.2. The van der Waals surface area contributed by atoms with Crippen LogP contribution in [-0.2, 0) is 0 Å². The van der Waals surface area contributed by atoms with Gasteiger partial charge in [-0.1, -0.05) is 54.2 Å². The van der Waals surface area contributed by atoms with Crippen LogP contribution in [0.15, 0.2) is 12.0 Å². The summed E-state index contributed by atoms with van der Waals surface area (Å²) < 4.78 is -0.169. The fourth-order valence-corrected chi connectivity index (χ4v) is 1.54. The van der Waals surface area contributed by atoms with E-state index in [0.29, 0.717) is 6.42 Å². The molecule has 0 amide bonds. The topological polar surface area (TPSA) is 40.5 Å². The minimum Gasteiger partial charge on any atom is -0.481 e. The Bertz CT molecular complexity index is 147. The predicted octanol–water partition coefficient (Wildman–Crippen LogP) is 4.34. The second-order valence-corrected chi connectivity index (χ2v) is 9.68. The lowest BCUT2D eigenvalue weighted by molar-refractivity contribution is 0.189. The highest BCUT2D eigenvalue weighted by atomic mass is 80.0. The Labute approximate surface area is 97.4 Å². The van der Waals surface area contributed by atoms with Gasteiger partial charge in [-0.25, -0.2) is 0 Å². The van der Waals surface area contributed by atoms with Gasteiger partial charge in [0.05, 0.1) is 0 Å². The molecule has 0 aromatic rings. The molecule has 72 valence electrons. The van der Waals surface area contributed by atoms with E-state index >= 15 is 0 Å². The lowest BCUT2D eigenvalue weighted by Gasteiger charge is -2.10. The minimum absolute atomic E-state index is 0.169. The fourth-order valence-electron chi connectivity index (χ4n) is 0.701. The number of rotatable bonds is 4. The zero-order valence-electron chi connectivity index (χ0n) is 6.43. The molecule has 0 unspecified atom stereocenters. The normalized spacial score (nSPS) is 11.2. The Morgan fingerprint density at radius 1 is 1.17 bits per heavy atom. The molecule has 0 spiro atoms. The van der Waals surface area contributed by atoms with Gasteiger partial charge in [-0.2, -0.15) is 0 Å².